The third-order valence-electron chi connectivity index (χ3n) is 6.31. The van der Waals surface area contributed by atoms with Crippen LogP contribution >= 0.6 is 23.2 Å². The summed E-state index contributed by atoms with van der Waals surface area (Å²) >= 11 is 12.7. The molecule has 0 aliphatic carbocycles. The van der Waals surface area contributed by atoms with Gasteiger partial charge in [-0.2, -0.15) is 13.2 Å². The lowest BCUT2D eigenvalue weighted by Crippen LogP contribution is -2.51. The second-order valence-corrected chi connectivity index (χ2v) is 12.6. The second kappa shape index (κ2) is 13.8. The molecule has 0 fully saturated rings. The van der Waals surface area contributed by atoms with Crippen LogP contribution in [0.4, 0.5) is 18.9 Å². The maximum atomic E-state index is 13.9. The molecule has 3 rings (SSSR count). The largest absolute Gasteiger partial charge is 0.416 e. The average Bonchev–Trinajstić information content (AvgIpc) is 2.94. The molecule has 3 aromatic carbocycles. The molecule has 13 heteroatoms. The van der Waals surface area contributed by atoms with Crippen LogP contribution in [0.1, 0.15) is 31.9 Å². The molecule has 0 saturated carbocycles. The molecule has 2 amide bonds. The van der Waals surface area contributed by atoms with E-state index in [-0.39, 0.29) is 33.1 Å². The van der Waals surface area contributed by atoms with Crippen LogP contribution in [-0.4, -0.2) is 44.3 Å². The molecule has 0 aliphatic heterocycles. The standard InChI is InChI=1S/C29H30Cl2F3N3O4S/c1-19(2)16-35-28(39)20(3)36(17-24-25(30)13-8-14-26(24)31)27(38)18-37(42(40,41)23-11-5-4-6-12-23)22-10-7-9-21(15-22)29(32,33)34/h4-15,19-20H,16-18H2,1-3H3,(H,35,39)/t20-/m0/s1. The topological polar surface area (TPSA) is 86.8 Å². The monoisotopic (exact) mass is 643 g/mol. The summed E-state index contributed by atoms with van der Waals surface area (Å²) in [4.78, 5) is 27.8. The summed E-state index contributed by atoms with van der Waals surface area (Å²) in [6.07, 6.45) is -4.77. The van der Waals surface area contributed by atoms with Gasteiger partial charge in [-0.05, 0) is 55.3 Å². The van der Waals surface area contributed by atoms with Crippen molar-refractivity contribution in [2.75, 3.05) is 17.4 Å². The van der Waals surface area contributed by atoms with Crippen LogP contribution in [0.25, 0.3) is 0 Å². The summed E-state index contributed by atoms with van der Waals surface area (Å²) in [5, 5.41) is 3.16. The van der Waals surface area contributed by atoms with Gasteiger partial charge in [0.15, 0.2) is 0 Å². The number of hydrogen-bond acceptors (Lipinski definition) is 4. The number of carbonyl (C=O) groups is 2. The van der Waals surface area contributed by atoms with Crippen LogP contribution in [0, 0.1) is 5.92 Å². The van der Waals surface area contributed by atoms with Crippen molar-refractivity contribution in [3.63, 3.8) is 0 Å². The first-order valence-electron chi connectivity index (χ1n) is 12.9. The quantitative estimate of drug-likeness (QED) is 0.262. The van der Waals surface area contributed by atoms with E-state index >= 15 is 0 Å². The molecule has 0 aromatic heterocycles. The zero-order valence-corrected chi connectivity index (χ0v) is 25.4. The number of halogens is 5. The van der Waals surface area contributed by atoms with Crippen molar-refractivity contribution >= 4 is 50.7 Å². The molecule has 3 aromatic rings. The number of carbonyl (C=O) groups excluding carboxylic acids is 2. The fourth-order valence-electron chi connectivity index (χ4n) is 3.97. The maximum Gasteiger partial charge on any atom is 0.416 e. The summed E-state index contributed by atoms with van der Waals surface area (Å²) in [5.41, 5.74) is -1.16. The minimum absolute atomic E-state index is 0.107. The molecule has 0 radical (unpaired) electrons. The highest BCUT2D eigenvalue weighted by Crippen LogP contribution is 2.34. The number of nitrogens with one attached hydrogen (secondary N) is 1. The van der Waals surface area contributed by atoms with Crippen molar-refractivity contribution in [3.05, 3.63) is 94.0 Å². The fraction of sp³-hybridized carbons (Fsp3) is 0.310. The van der Waals surface area contributed by atoms with Crippen molar-refractivity contribution in [2.45, 2.75) is 44.4 Å². The van der Waals surface area contributed by atoms with Gasteiger partial charge in [0.05, 0.1) is 16.1 Å². The van der Waals surface area contributed by atoms with Crippen molar-refractivity contribution in [1.29, 1.82) is 0 Å². The lowest BCUT2D eigenvalue weighted by atomic mass is 10.1. The Morgan fingerprint density at radius 2 is 1.50 bits per heavy atom. The number of benzene rings is 3. The van der Waals surface area contributed by atoms with E-state index in [2.05, 4.69) is 5.32 Å². The molecular weight excluding hydrogens is 614 g/mol. The number of hydrogen-bond donors (Lipinski definition) is 1. The molecule has 1 atom stereocenters. The normalized spacial score (nSPS) is 12.6. The van der Waals surface area contributed by atoms with Gasteiger partial charge in [0, 0.05) is 28.7 Å². The van der Waals surface area contributed by atoms with Crippen LogP contribution in [0.2, 0.25) is 10.0 Å². The molecule has 0 spiro atoms. The molecule has 1 N–H and O–H groups in total. The molecule has 42 heavy (non-hydrogen) atoms. The average molecular weight is 645 g/mol. The van der Waals surface area contributed by atoms with Gasteiger partial charge in [-0.1, -0.05) is 67.4 Å². The molecule has 226 valence electrons. The molecule has 0 unspecified atom stereocenters. The van der Waals surface area contributed by atoms with Crippen LogP contribution < -0.4 is 9.62 Å². The van der Waals surface area contributed by atoms with Crippen LogP contribution in [0.3, 0.4) is 0 Å². The lowest BCUT2D eigenvalue weighted by molar-refractivity contribution is -0.139. The highest BCUT2D eigenvalue weighted by atomic mass is 35.5. The molecule has 0 heterocycles. The van der Waals surface area contributed by atoms with Gasteiger partial charge in [0.1, 0.15) is 12.6 Å². The van der Waals surface area contributed by atoms with E-state index in [0.29, 0.717) is 22.5 Å². The predicted molar refractivity (Wildman–Crippen MR) is 157 cm³/mol. The van der Waals surface area contributed by atoms with Gasteiger partial charge < -0.3 is 10.2 Å². The first kappa shape index (κ1) is 33.2. The Bertz CT molecular complexity index is 1500. The van der Waals surface area contributed by atoms with Gasteiger partial charge in [0.2, 0.25) is 11.8 Å². The van der Waals surface area contributed by atoms with Crippen molar-refractivity contribution < 1.29 is 31.2 Å². The van der Waals surface area contributed by atoms with Crippen molar-refractivity contribution in [1.82, 2.24) is 10.2 Å². The Labute approximate surface area is 253 Å². The van der Waals surface area contributed by atoms with E-state index in [9.17, 15) is 31.2 Å². The Morgan fingerprint density at radius 1 is 0.905 bits per heavy atom. The Balaban J connectivity index is 2.10. The molecule has 0 bridgehead atoms. The van der Waals surface area contributed by atoms with Crippen LogP contribution in [0.5, 0.6) is 0 Å². The van der Waals surface area contributed by atoms with Crippen molar-refractivity contribution in [2.24, 2.45) is 5.92 Å². The fourth-order valence-corrected chi connectivity index (χ4v) is 5.92. The highest BCUT2D eigenvalue weighted by molar-refractivity contribution is 7.92. The number of sulfonamides is 1. The number of amides is 2. The highest BCUT2D eigenvalue weighted by Gasteiger charge is 2.35. The Hall–Kier alpha value is -3.28. The summed E-state index contributed by atoms with van der Waals surface area (Å²) < 4.78 is 68.8. The minimum Gasteiger partial charge on any atom is -0.354 e. The molecular formula is C29H30Cl2F3N3O4S. The summed E-state index contributed by atoms with van der Waals surface area (Å²) in [6, 6.07) is 14.3. The smallest absolute Gasteiger partial charge is 0.354 e. The van der Waals surface area contributed by atoms with E-state index in [1.54, 1.807) is 24.3 Å². The first-order valence-corrected chi connectivity index (χ1v) is 15.1. The van der Waals surface area contributed by atoms with Gasteiger partial charge in [-0.15, -0.1) is 0 Å². The van der Waals surface area contributed by atoms with Crippen LogP contribution in [0.15, 0.2) is 77.7 Å². The summed E-state index contributed by atoms with van der Waals surface area (Å²) in [5.74, 6) is -1.28. The van der Waals surface area contributed by atoms with Crippen molar-refractivity contribution in [3.8, 4) is 0 Å². The molecule has 7 nitrogen and oxygen atoms in total. The minimum atomic E-state index is -4.77. The number of nitrogens with zero attached hydrogens (tertiary/aromatic N) is 2. The van der Waals surface area contributed by atoms with Gasteiger partial charge >= 0.3 is 6.18 Å². The van der Waals surface area contributed by atoms with Gasteiger partial charge in [0.25, 0.3) is 10.0 Å². The van der Waals surface area contributed by atoms with Crippen LogP contribution in [-0.2, 0) is 32.3 Å². The van der Waals surface area contributed by atoms with E-state index in [0.717, 1.165) is 23.1 Å². The number of anilines is 1. The van der Waals surface area contributed by atoms with E-state index in [1.807, 2.05) is 13.8 Å². The first-order chi connectivity index (χ1) is 19.6. The van der Waals surface area contributed by atoms with Gasteiger partial charge in [-0.3, -0.25) is 13.9 Å². The lowest BCUT2D eigenvalue weighted by Gasteiger charge is -2.32. The zero-order valence-electron chi connectivity index (χ0n) is 23.0. The molecule has 0 saturated heterocycles. The Kier molecular flexibility index (Phi) is 10.9. The maximum absolute atomic E-state index is 13.9. The zero-order chi connectivity index (χ0) is 31.2. The number of alkyl halides is 3. The van der Waals surface area contributed by atoms with E-state index < -0.39 is 46.2 Å². The number of rotatable bonds is 11. The van der Waals surface area contributed by atoms with E-state index in [1.165, 1.54) is 31.2 Å². The third kappa shape index (κ3) is 8.17. The van der Waals surface area contributed by atoms with Gasteiger partial charge in [-0.25, -0.2) is 8.42 Å². The SMILES string of the molecule is CC(C)CNC(=O)[C@H](C)N(Cc1c(Cl)cccc1Cl)C(=O)CN(c1cccc(C(F)(F)F)c1)S(=O)(=O)c1ccccc1. The summed E-state index contributed by atoms with van der Waals surface area (Å²) in [6.45, 7) is 4.37. The van der Waals surface area contributed by atoms with E-state index in [4.69, 9.17) is 23.2 Å². The second-order valence-electron chi connectivity index (χ2n) is 9.91. The summed E-state index contributed by atoms with van der Waals surface area (Å²) in [7, 11) is -4.54. The third-order valence-corrected chi connectivity index (χ3v) is 8.81. The predicted octanol–water partition coefficient (Wildman–Crippen LogP) is 6.40. The molecule has 0 aliphatic rings. The Morgan fingerprint density at radius 3 is 2.07 bits per heavy atom.